The van der Waals surface area contributed by atoms with E-state index >= 15 is 0 Å². The van der Waals surface area contributed by atoms with Crippen LogP contribution in [0.3, 0.4) is 0 Å². The van der Waals surface area contributed by atoms with E-state index < -0.39 is 17.7 Å². The molecule has 0 aliphatic rings. The Hall–Kier alpha value is -1.98. The van der Waals surface area contributed by atoms with Gasteiger partial charge >= 0.3 is 5.97 Å². The molecule has 1 rings (SSSR count). The largest absolute Gasteiger partial charge is 0.466 e. The summed E-state index contributed by atoms with van der Waals surface area (Å²) < 4.78 is 17.8. The van der Waals surface area contributed by atoms with Crippen LogP contribution >= 0.6 is 0 Å². The number of carbonyl (C=O) groups is 2. The van der Waals surface area contributed by atoms with Crippen molar-refractivity contribution in [1.82, 2.24) is 4.98 Å². The zero-order valence-electron chi connectivity index (χ0n) is 9.40. The number of carbonyl (C=O) groups excluding carboxylic acids is 2. The fraction of sp³-hybridized carbons (Fsp3) is 0.364. The molecule has 5 nitrogen and oxygen atoms in total. The molecule has 92 valence electrons. The number of pyridine rings is 1. The Balaban J connectivity index is 2.40. The second-order valence-corrected chi connectivity index (χ2v) is 3.21. The Labute approximate surface area is 98.0 Å². The van der Waals surface area contributed by atoms with Gasteiger partial charge in [0.05, 0.1) is 24.9 Å². The van der Waals surface area contributed by atoms with Gasteiger partial charge in [-0.05, 0) is 13.0 Å². The van der Waals surface area contributed by atoms with E-state index in [9.17, 15) is 14.0 Å². The Bertz CT molecular complexity index is 409. The van der Waals surface area contributed by atoms with Gasteiger partial charge in [0.15, 0.2) is 5.82 Å². The van der Waals surface area contributed by atoms with Gasteiger partial charge in [0, 0.05) is 12.6 Å². The molecule has 0 saturated heterocycles. The molecule has 0 bridgehead atoms. The van der Waals surface area contributed by atoms with Gasteiger partial charge in [-0.1, -0.05) is 0 Å². The molecule has 0 aliphatic heterocycles. The molecule has 1 N–H and O–H groups in total. The van der Waals surface area contributed by atoms with Crippen molar-refractivity contribution in [1.29, 1.82) is 0 Å². The summed E-state index contributed by atoms with van der Waals surface area (Å²) in [7, 11) is 0. The van der Waals surface area contributed by atoms with Crippen LogP contribution < -0.4 is 5.32 Å². The van der Waals surface area contributed by atoms with Crippen LogP contribution in [0.2, 0.25) is 0 Å². The first-order valence-corrected chi connectivity index (χ1v) is 5.18. The lowest BCUT2D eigenvalue weighted by Crippen LogP contribution is -2.15. The first-order valence-electron chi connectivity index (χ1n) is 5.18. The minimum absolute atomic E-state index is 0.0215. The van der Waals surface area contributed by atoms with E-state index in [4.69, 9.17) is 0 Å². The molecular formula is C11H13FN2O3. The van der Waals surface area contributed by atoms with E-state index in [0.717, 1.165) is 6.20 Å². The van der Waals surface area contributed by atoms with E-state index in [1.807, 2.05) is 0 Å². The van der Waals surface area contributed by atoms with Crippen molar-refractivity contribution in [2.75, 3.05) is 11.9 Å². The first kappa shape index (κ1) is 13.1. The number of nitrogens with zero attached hydrogens (tertiary/aromatic N) is 1. The number of ether oxygens (including phenoxy) is 1. The number of aromatic nitrogens is 1. The second-order valence-electron chi connectivity index (χ2n) is 3.21. The van der Waals surface area contributed by atoms with Gasteiger partial charge in [-0.15, -0.1) is 0 Å². The molecule has 0 radical (unpaired) electrons. The molecule has 0 aliphatic carbocycles. The molecule has 0 unspecified atom stereocenters. The SMILES string of the molecule is CCOC(=O)CCC(=O)Nc1ccncc1F. The lowest BCUT2D eigenvalue weighted by atomic mass is 10.3. The molecule has 6 heteroatoms. The van der Waals surface area contributed by atoms with E-state index in [1.165, 1.54) is 12.3 Å². The first-order chi connectivity index (χ1) is 8.13. The molecule has 17 heavy (non-hydrogen) atoms. The Kier molecular flexibility index (Phi) is 5.06. The number of hydrogen-bond acceptors (Lipinski definition) is 4. The van der Waals surface area contributed by atoms with Crippen LogP contribution in [0.4, 0.5) is 10.1 Å². The van der Waals surface area contributed by atoms with Crippen LogP contribution in [0.1, 0.15) is 19.8 Å². The number of halogens is 1. The number of anilines is 1. The minimum atomic E-state index is -0.614. The number of esters is 1. The molecule has 1 amide bonds. The maximum absolute atomic E-state index is 13.1. The van der Waals surface area contributed by atoms with Crippen LogP contribution in [0, 0.1) is 5.82 Å². The van der Waals surface area contributed by atoms with Crippen molar-refractivity contribution in [3.63, 3.8) is 0 Å². The van der Waals surface area contributed by atoms with Crippen LogP contribution in [0.15, 0.2) is 18.5 Å². The topological polar surface area (TPSA) is 68.3 Å². The Morgan fingerprint density at radius 3 is 2.88 bits per heavy atom. The molecular weight excluding hydrogens is 227 g/mol. The van der Waals surface area contributed by atoms with Crippen molar-refractivity contribution < 1.29 is 18.7 Å². The molecule has 1 aromatic rings. The molecule has 0 fully saturated rings. The van der Waals surface area contributed by atoms with E-state index in [-0.39, 0.29) is 25.1 Å². The summed E-state index contributed by atoms with van der Waals surface area (Å²) in [6.45, 7) is 1.96. The van der Waals surface area contributed by atoms with Crippen LogP contribution in [-0.2, 0) is 14.3 Å². The van der Waals surface area contributed by atoms with E-state index in [1.54, 1.807) is 6.92 Å². The van der Waals surface area contributed by atoms with Gasteiger partial charge < -0.3 is 10.1 Å². The average molecular weight is 240 g/mol. The van der Waals surface area contributed by atoms with Crippen LogP contribution in [0.25, 0.3) is 0 Å². The quantitative estimate of drug-likeness (QED) is 0.792. The zero-order valence-corrected chi connectivity index (χ0v) is 9.40. The maximum atomic E-state index is 13.1. The van der Waals surface area contributed by atoms with Crippen molar-refractivity contribution in [3.8, 4) is 0 Å². The molecule has 1 aromatic heterocycles. The molecule has 0 atom stereocenters. The third kappa shape index (κ3) is 4.58. The van der Waals surface area contributed by atoms with Gasteiger partial charge in [-0.3, -0.25) is 14.6 Å². The number of nitrogens with one attached hydrogen (secondary N) is 1. The summed E-state index contributed by atoms with van der Waals surface area (Å²) in [5.74, 6) is -1.50. The van der Waals surface area contributed by atoms with E-state index in [0.29, 0.717) is 0 Å². The van der Waals surface area contributed by atoms with Gasteiger partial charge in [0.25, 0.3) is 0 Å². The highest BCUT2D eigenvalue weighted by Gasteiger charge is 2.09. The van der Waals surface area contributed by atoms with Gasteiger partial charge in [0.1, 0.15) is 0 Å². The average Bonchev–Trinajstić information content (AvgIpc) is 2.30. The highest BCUT2D eigenvalue weighted by Crippen LogP contribution is 2.11. The summed E-state index contributed by atoms with van der Waals surface area (Å²) >= 11 is 0. The fourth-order valence-corrected chi connectivity index (χ4v) is 1.14. The molecule has 0 aromatic carbocycles. The summed E-state index contributed by atoms with van der Waals surface area (Å²) in [5, 5.41) is 2.35. The van der Waals surface area contributed by atoms with Gasteiger partial charge in [-0.2, -0.15) is 0 Å². The van der Waals surface area contributed by atoms with Crippen molar-refractivity contribution in [2.24, 2.45) is 0 Å². The van der Waals surface area contributed by atoms with Crippen molar-refractivity contribution in [3.05, 3.63) is 24.3 Å². The highest BCUT2D eigenvalue weighted by molar-refractivity contribution is 5.92. The van der Waals surface area contributed by atoms with Gasteiger partial charge in [0.2, 0.25) is 5.91 Å². The van der Waals surface area contributed by atoms with Gasteiger partial charge in [-0.25, -0.2) is 4.39 Å². The summed E-state index contributed by atoms with van der Waals surface area (Å²) in [5.41, 5.74) is 0.0499. The minimum Gasteiger partial charge on any atom is -0.466 e. The number of amides is 1. The third-order valence-electron chi connectivity index (χ3n) is 1.91. The number of rotatable bonds is 5. The molecule has 0 saturated carbocycles. The molecule has 0 spiro atoms. The van der Waals surface area contributed by atoms with E-state index in [2.05, 4.69) is 15.0 Å². The standard InChI is InChI=1S/C11H13FN2O3/c1-2-17-11(16)4-3-10(15)14-9-5-6-13-7-8(9)12/h5-7H,2-4H2,1H3,(H,13,14,15). The highest BCUT2D eigenvalue weighted by atomic mass is 19.1. The zero-order chi connectivity index (χ0) is 12.7. The Morgan fingerprint density at radius 2 is 2.24 bits per heavy atom. The predicted molar refractivity (Wildman–Crippen MR) is 58.7 cm³/mol. The lowest BCUT2D eigenvalue weighted by molar-refractivity contribution is -0.144. The summed E-state index contributed by atoms with van der Waals surface area (Å²) in [4.78, 5) is 25.9. The van der Waals surface area contributed by atoms with Crippen LogP contribution in [-0.4, -0.2) is 23.5 Å². The second kappa shape index (κ2) is 6.57. The summed E-state index contributed by atoms with van der Waals surface area (Å²) in [6, 6.07) is 1.34. The van der Waals surface area contributed by atoms with Crippen molar-refractivity contribution >= 4 is 17.6 Å². The smallest absolute Gasteiger partial charge is 0.306 e. The maximum Gasteiger partial charge on any atom is 0.306 e. The normalized spacial score (nSPS) is 9.76. The Morgan fingerprint density at radius 1 is 1.47 bits per heavy atom. The molecule has 1 heterocycles. The monoisotopic (exact) mass is 240 g/mol. The predicted octanol–water partition coefficient (Wildman–Crippen LogP) is 1.50. The fourth-order valence-electron chi connectivity index (χ4n) is 1.14. The number of hydrogen-bond donors (Lipinski definition) is 1. The summed E-state index contributed by atoms with van der Waals surface area (Å²) in [6.07, 6.45) is 2.30. The van der Waals surface area contributed by atoms with Crippen molar-refractivity contribution in [2.45, 2.75) is 19.8 Å². The lowest BCUT2D eigenvalue weighted by Gasteiger charge is -2.05. The van der Waals surface area contributed by atoms with Crippen LogP contribution in [0.5, 0.6) is 0 Å². The third-order valence-corrected chi connectivity index (χ3v) is 1.91.